The van der Waals surface area contributed by atoms with Crippen molar-refractivity contribution in [1.82, 2.24) is 4.98 Å². The Morgan fingerprint density at radius 3 is 2.14 bits per heavy atom. The maximum atomic E-state index is 6.34. The first-order valence-corrected chi connectivity index (χ1v) is 9.77. The normalized spacial score (nSPS) is 14.9. The third kappa shape index (κ3) is 3.36. The van der Waals surface area contributed by atoms with E-state index in [1.807, 2.05) is 36.4 Å². The van der Waals surface area contributed by atoms with Crippen molar-refractivity contribution in [3.63, 3.8) is 0 Å². The number of methoxy groups -OCH3 is 1. The summed E-state index contributed by atoms with van der Waals surface area (Å²) in [5, 5.41) is 0. The smallest absolute Gasteiger partial charge is 0.218 e. The molecular formula is C26H21NO2. The van der Waals surface area contributed by atoms with E-state index in [0.29, 0.717) is 0 Å². The molecule has 1 unspecified atom stereocenters. The average Bonchev–Trinajstić information content (AvgIpc) is 3.24. The molecule has 5 rings (SSSR count). The molecule has 1 atom stereocenters. The average molecular weight is 379 g/mol. The van der Waals surface area contributed by atoms with Crippen molar-refractivity contribution in [3.05, 3.63) is 102 Å². The van der Waals surface area contributed by atoms with Crippen molar-refractivity contribution >= 4 is 0 Å². The van der Waals surface area contributed by atoms with Gasteiger partial charge in [-0.1, -0.05) is 72.8 Å². The minimum atomic E-state index is -0.0445. The Hall–Kier alpha value is -3.59. The van der Waals surface area contributed by atoms with Crippen LogP contribution in [-0.4, -0.2) is 12.1 Å². The third-order valence-electron chi connectivity index (χ3n) is 5.37. The minimum Gasteiger partial charge on any atom is -0.497 e. The molecule has 0 aliphatic carbocycles. The zero-order valence-electron chi connectivity index (χ0n) is 16.2. The van der Waals surface area contributed by atoms with Gasteiger partial charge in [0.15, 0.2) is 0 Å². The zero-order valence-corrected chi connectivity index (χ0v) is 16.2. The molecule has 29 heavy (non-hydrogen) atoms. The van der Waals surface area contributed by atoms with Gasteiger partial charge in [0.2, 0.25) is 5.88 Å². The van der Waals surface area contributed by atoms with Crippen molar-refractivity contribution in [2.75, 3.05) is 7.11 Å². The number of benzene rings is 3. The molecule has 0 spiro atoms. The second-order valence-electron chi connectivity index (χ2n) is 7.15. The number of aromatic nitrogens is 1. The summed E-state index contributed by atoms with van der Waals surface area (Å²) in [6, 6.07) is 31.0. The Balaban J connectivity index is 1.59. The van der Waals surface area contributed by atoms with E-state index in [0.717, 1.165) is 40.4 Å². The molecule has 3 nitrogen and oxygen atoms in total. The highest BCUT2D eigenvalue weighted by molar-refractivity contribution is 5.76. The number of hydrogen-bond donors (Lipinski definition) is 0. The molecule has 0 saturated heterocycles. The van der Waals surface area contributed by atoms with E-state index >= 15 is 0 Å². The molecule has 1 aliphatic heterocycles. The highest BCUT2D eigenvalue weighted by atomic mass is 16.5. The highest BCUT2D eigenvalue weighted by Crippen LogP contribution is 2.42. The molecule has 3 heteroatoms. The van der Waals surface area contributed by atoms with Crippen molar-refractivity contribution in [2.24, 2.45) is 0 Å². The second-order valence-corrected chi connectivity index (χ2v) is 7.15. The van der Waals surface area contributed by atoms with E-state index in [1.165, 1.54) is 11.1 Å². The standard InChI is InChI=1S/C26H21NO2/c1-28-21-14-12-20(13-15-21)25-17-23-22(18-8-4-2-5-9-18)16-24(27-26(23)29-25)19-10-6-3-7-11-19/h2-16,25H,17H2,1H3. The Bertz CT molecular complexity index is 1120. The molecule has 0 bridgehead atoms. The summed E-state index contributed by atoms with van der Waals surface area (Å²) in [5.41, 5.74) is 6.68. The number of rotatable bonds is 4. The van der Waals surface area contributed by atoms with Crippen LogP contribution in [0.5, 0.6) is 11.6 Å². The first-order valence-electron chi connectivity index (χ1n) is 9.77. The minimum absolute atomic E-state index is 0.0445. The van der Waals surface area contributed by atoms with E-state index in [1.54, 1.807) is 7.11 Å². The molecule has 0 fully saturated rings. The fourth-order valence-electron chi connectivity index (χ4n) is 3.84. The first kappa shape index (κ1) is 17.5. The largest absolute Gasteiger partial charge is 0.497 e. The predicted octanol–water partition coefficient (Wildman–Crippen LogP) is 6.10. The highest BCUT2D eigenvalue weighted by Gasteiger charge is 2.29. The van der Waals surface area contributed by atoms with E-state index < -0.39 is 0 Å². The van der Waals surface area contributed by atoms with Crippen LogP contribution < -0.4 is 9.47 Å². The van der Waals surface area contributed by atoms with Gasteiger partial charge < -0.3 is 9.47 Å². The van der Waals surface area contributed by atoms with Crippen molar-refractivity contribution in [1.29, 1.82) is 0 Å². The van der Waals surface area contributed by atoms with Gasteiger partial charge in [-0.25, -0.2) is 4.98 Å². The van der Waals surface area contributed by atoms with Crippen molar-refractivity contribution in [2.45, 2.75) is 12.5 Å². The van der Waals surface area contributed by atoms with Gasteiger partial charge in [-0.15, -0.1) is 0 Å². The van der Waals surface area contributed by atoms with E-state index in [4.69, 9.17) is 14.5 Å². The summed E-state index contributed by atoms with van der Waals surface area (Å²) in [5.74, 6) is 1.57. The molecule has 0 saturated carbocycles. The molecule has 142 valence electrons. The van der Waals surface area contributed by atoms with Gasteiger partial charge in [0, 0.05) is 17.5 Å². The van der Waals surface area contributed by atoms with Crippen molar-refractivity contribution in [3.8, 4) is 34.0 Å². The topological polar surface area (TPSA) is 31.4 Å². The van der Waals surface area contributed by atoms with Crippen LogP contribution in [0.1, 0.15) is 17.2 Å². The summed E-state index contributed by atoms with van der Waals surface area (Å²) in [6.07, 6.45) is 0.755. The number of nitrogens with zero attached hydrogens (tertiary/aromatic N) is 1. The van der Waals surface area contributed by atoms with Gasteiger partial charge in [-0.05, 0) is 34.9 Å². The quantitative estimate of drug-likeness (QED) is 0.429. The van der Waals surface area contributed by atoms with Gasteiger partial charge in [-0.2, -0.15) is 0 Å². The molecule has 0 amide bonds. The maximum absolute atomic E-state index is 6.34. The van der Waals surface area contributed by atoms with Crippen molar-refractivity contribution < 1.29 is 9.47 Å². The third-order valence-corrected chi connectivity index (χ3v) is 5.37. The molecule has 1 aromatic heterocycles. The van der Waals surface area contributed by atoms with Crippen LogP contribution in [0.2, 0.25) is 0 Å². The van der Waals surface area contributed by atoms with Crippen LogP contribution in [0, 0.1) is 0 Å². The number of fused-ring (bicyclic) bond motifs is 1. The SMILES string of the molecule is COc1ccc(C2Cc3c(-c4ccccc4)cc(-c4ccccc4)nc3O2)cc1. The fraction of sp³-hybridized carbons (Fsp3) is 0.115. The Morgan fingerprint density at radius 2 is 1.48 bits per heavy atom. The Morgan fingerprint density at radius 1 is 0.828 bits per heavy atom. The van der Waals surface area contributed by atoms with Crippen LogP contribution in [0.25, 0.3) is 22.4 Å². The summed E-state index contributed by atoms with van der Waals surface area (Å²) in [6.45, 7) is 0. The zero-order chi connectivity index (χ0) is 19.6. The lowest BCUT2D eigenvalue weighted by molar-refractivity contribution is 0.231. The van der Waals surface area contributed by atoms with Crippen LogP contribution in [0.15, 0.2) is 91.0 Å². The lowest BCUT2D eigenvalue weighted by Crippen LogP contribution is -2.03. The molecular weight excluding hydrogens is 358 g/mol. The van der Waals surface area contributed by atoms with Gasteiger partial charge >= 0.3 is 0 Å². The summed E-state index contributed by atoms with van der Waals surface area (Å²) < 4.78 is 11.6. The summed E-state index contributed by atoms with van der Waals surface area (Å²) in [7, 11) is 1.68. The number of ether oxygens (including phenoxy) is 2. The lowest BCUT2D eigenvalue weighted by Gasteiger charge is -2.11. The van der Waals surface area contributed by atoms with Gasteiger partial charge in [0.05, 0.1) is 12.8 Å². The molecule has 0 radical (unpaired) electrons. The van der Waals surface area contributed by atoms with Crippen LogP contribution in [0.4, 0.5) is 0 Å². The Labute approximate surface area is 170 Å². The monoisotopic (exact) mass is 379 g/mol. The van der Waals surface area contributed by atoms with Crippen LogP contribution in [0.3, 0.4) is 0 Å². The van der Waals surface area contributed by atoms with E-state index in [2.05, 4.69) is 54.6 Å². The molecule has 4 aromatic rings. The molecule has 0 N–H and O–H groups in total. The van der Waals surface area contributed by atoms with Gasteiger partial charge in [-0.3, -0.25) is 0 Å². The lowest BCUT2D eigenvalue weighted by atomic mass is 9.95. The fourth-order valence-corrected chi connectivity index (χ4v) is 3.84. The first-order chi connectivity index (χ1) is 14.3. The van der Waals surface area contributed by atoms with Gasteiger partial charge in [0.25, 0.3) is 0 Å². The van der Waals surface area contributed by atoms with E-state index in [-0.39, 0.29) is 6.10 Å². The van der Waals surface area contributed by atoms with Crippen LogP contribution >= 0.6 is 0 Å². The molecule has 3 aromatic carbocycles. The molecule has 2 heterocycles. The number of pyridine rings is 1. The summed E-state index contributed by atoms with van der Waals surface area (Å²) >= 11 is 0. The summed E-state index contributed by atoms with van der Waals surface area (Å²) in [4.78, 5) is 4.87. The van der Waals surface area contributed by atoms with Gasteiger partial charge in [0.1, 0.15) is 11.9 Å². The number of hydrogen-bond acceptors (Lipinski definition) is 3. The van der Waals surface area contributed by atoms with E-state index in [9.17, 15) is 0 Å². The molecule has 1 aliphatic rings. The second kappa shape index (κ2) is 7.44. The maximum Gasteiger partial charge on any atom is 0.218 e. The predicted molar refractivity (Wildman–Crippen MR) is 115 cm³/mol. The van der Waals surface area contributed by atoms with Crippen LogP contribution in [-0.2, 0) is 6.42 Å². The Kier molecular flexibility index (Phi) is 4.49.